The lowest BCUT2D eigenvalue weighted by Gasteiger charge is -2.34. The lowest BCUT2D eigenvalue weighted by atomic mass is 9.92. The molecule has 4 heteroatoms. The second-order valence-electron chi connectivity index (χ2n) is 7.18. The van der Waals surface area contributed by atoms with Crippen LogP contribution in [-0.4, -0.2) is 23.8 Å². The molecule has 0 fully saturated rings. The van der Waals surface area contributed by atoms with Crippen LogP contribution >= 0.6 is 0 Å². The molecule has 0 aromatic heterocycles. The standard InChI is InChI=1S/C19H32N2O2/c1-7-19(8-2,14-20-17(22)23-18(4,5)6)21-13-16-11-9-15(3)10-12-16/h9-12,21H,7-8,13-14H2,1-6H3,(H,20,22). The van der Waals surface area contributed by atoms with E-state index < -0.39 is 5.60 Å². The third kappa shape index (κ3) is 7.04. The molecule has 0 saturated carbocycles. The van der Waals surface area contributed by atoms with E-state index in [2.05, 4.69) is 55.7 Å². The van der Waals surface area contributed by atoms with Crippen molar-refractivity contribution in [1.29, 1.82) is 0 Å². The van der Waals surface area contributed by atoms with E-state index in [1.807, 2.05) is 20.8 Å². The van der Waals surface area contributed by atoms with Gasteiger partial charge >= 0.3 is 6.09 Å². The molecule has 4 nitrogen and oxygen atoms in total. The summed E-state index contributed by atoms with van der Waals surface area (Å²) in [5, 5.41) is 6.52. The van der Waals surface area contributed by atoms with Crippen molar-refractivity contribution in [3.8, 4) is 0 Å². The maximum atomic E-state index is 11.9. The molecule has 130 valence electrons. The third-order valence-electron chi connectivity index (χ3n) is 4.11. The van der Waals surface area contributed by atoms with Crippen LogP contribution in [0.4, 0.5) is 4.79 Å². The first-order chi connectivity index (χ1) is 10.7. The number of alkyl carbamates (subject to hydrolysis) is 1. The van der Waals surface area contributed by atoms with Gasteiger partial charge in [-0.05, 0) is 46.1 Å². The van der Waals surface area contributed by atoms with E-state index in [1.54, 1.807) is 0 Å². The Morgan fingerprint density at radius 1 is 1.09 bits per heavy atom. The number of carbonyl (C=O) groups excluding carboxylic acids is 1. The number of amides is 1. The Kier molecular flexibility index (Phi) is 7.07. The van der Waals surface area contributed by atoms with Crippen LogP contribution in [-0.2, 0) is 11.3 Å². The molecule has 0 bridgehead atoms. The number of aryl methyl sites for hydroxylation is 1. The van der Waals surface area contributed by atoms with Gasteiger partial charge in [-0.1, -0.05) is 43.7 Å². The smallest absolute Gasteiger partial charge is 0.407 e. The Hall–Kier alpha value is -1.55. The van der Waals surface area contributed by atoms with Gasteiger partial charge in [0.15, 0.2) is 0 Å². The first-order valence-electron chi connectivity index (χ1n) is 8.47. The number of hydrogen-bond acceptors (Lipinski definition) is 3. The molecule has 0 spiro atoms. The van der Waals surface area contributed by atoms with Crippen LogP contribution in [0.5, 0.6) is 0 Å². The van der Waals surface area contributed by atoms with Gasteiger partial charge in [-0.15, -0.1) is 0 Å². The molecule has 2 N–H and O–H groups in total. The molecule has 1 aromatic rings. The lowest BCUT2D eigenvalue weighted by Crippen LogP contribution is -2.53. The SMILES string of the molecule is CCC(CC)(CNC(=O)OC(C)(C)C)NCc1ccc(C)cc1. The normalized spacial score (nSPS) is 12.1. The lowest BCUT2D eigenvalue weighted by molar-refractivity contribution is 0.0507. The van der Waals surface area contributed by atoms with Crippen LogP contribution in [0.25, 0.3) is 0 Å². The van der Waals surface area contributed by atoms with Gasteiger partial charge < -0.3 is 15.4 Å². The highest BCUT2D eigenvalue weighted by Gasteiger charge is 2.27. The Morgan fingerprint density at radius 3 is 2.13 bits per heavy atom. The molecule has 0 aliphatic heterocycles. The largest absolute Gasteiger partial charge is 0.444 e. The minimum absolute atomic E-state index is 0.123. The Balaban J connectivity index is 2.60. The summed E-state index contributed by atoms with van der Waals surface area (Å²) in [7, 11) is 0. The van der Waals surface area contributed by atoms with Crippen molar-refractivity contribution in [2.24, 2.45) is 0 Å². The predicted molar refractivity (Wildman–Crippen MR) is 95.6 cm³/mol. The topological polar surface area (TPSA) is 50.4 Å². The Bertz CT molecular complexity index is 485. The fourth-order valence-electron chi connectivity index (χ4n) is 2.36. The van der Waals surface area contributed by atoms with E-state index in [1.165, 1.54) is 11.1 Å². The number of benzene rings is 1. The molecule has 0 radical (unpaired) electrons. The van der Waals surface area contributed by atoms with Crippen LogP contribution in [0, 0.1) is 6.92 Å². The van der Waals surface area contributed by atoms with Crippen molar-refractivity contribution in [2.75, 3.05) is 6.54 Å². The number of ether oxygens (including phenoxy) is 1. The van der Waals surface area contributed by atoms with Gasteiger partial charge in [-0.2, -0.15) is 0 Å². The van der Waals surface area contributed by atoms with Crippen LogP contribution < -0.4 is 10.6 Å². The monoisotopic (exact) mass is 320 g/mol. The maximum absolute atomic E-state index is 11.9. The van der Waals surface area contributed by atoms with Crippen molar-refractivity contribution in [2.45, 2.75) is 72.1 Å². The van der Waals surface area contributed by atoms with Crippen LogP contribution in [0.15, 0.2) is 24.3 Å². The molecular weight excluding hydrogens is 288 g/mol. The molecule has 0 aliphatic carbocycles. The van der Waals surface area contributed by atoms with Gasteiger partial charge in [-0.25, -0.2) is 4.79 Å². The predicted octanol–water partition coefficient (Wildman–Crippen LogP) is 4.17. The molecule has 0 atom stereocenters. The molecule has 0 unspecified atom stereocenters. The number of carbonyl (C=O) groups is 1. The highest BCUT2D eigenvalue weighted by molar-refractivity contribution is 5.67. The molecule has 0 aliphatic rings. The van der Waals surface area contributed by atoms with Gasteiger partial charge in [0, 0.05) is 18.6 Å². The van der Waals surface area contributed by atoms with E-state index in [4.69, 9.17) is 4.74 Å². The highest BCUT2D eigenvalue weighted by atomic mass is 16.6. The van der Waals surface area contributed by atoms with E-state index in [0.717, 1.165) is 19.4 Å². The molecule has 1 amide bonds. The van der Waals surface area contributed by atoms with Crippen LogP contribution in [0.1, 0.15) is 58.6 Å². The first kappa shape index (κ1) is 19.5. The summed E-state index contributed by atoms with van der Waals surface area (Å²) in [6.45, 7) is 13.3. The summed E-state index contributed by atoms with van der Waals surface area (Å²) in [5.41, 5.74) is 1.92. The zero-order valence-corrected chi connectivity index (χ0v) is 15.5. The number of hydrogen-bond donors (Lipinski definition) is 2. The van der Waals surface area contributed by atoms with E-state index in [0.29, 0.717) is 6.54 Å². The van der Waals surface area contributed by atoms with E-state index in [-0.39, 0.29) is 11.6 Å². The summed E-state index contributed by atoms with van der Waals surface area (Å²) in [6, 6.07) is 8.52. The molecule has 1 aromatic carbocycles. The zero-order valence-electron chi connectivity index (χ0n) is 15.5. The summed E-state index contributed by atoms with van der Waals surface area (Å²) in [4.78, 5) is 11.9. The second-order valence-corrected chi connectivity index (χ2v) is 7.18. The first-order valence-corrected chi connectivity index (χ1v) is 8.47. The molecular formula is C19H32N2O2. The van der Waals surface area contributed by atoms with Gasteiger partial charge in [0.25, 0.3) is 0 Å². The molecule has 1 rings (SSSR count). The van der Waals surface area contributed by atoms with Crippen molar-refractivity contribution >= 4 is 6.09 Å². The van der Waals surface area contributed by atoms with E-state index in [9.17, 15) is 4.79 Å². The average Bonchev–Trinajstić information content (AvgIpc) is 2.48. The van der Waals surface area contributed by atoms with Crippen LogP contribution in [0.2, 0.25) is 0 Å². The van der Waals surface area contributed by atoms with Gasteiger partial charge in [0.1, 0.15) is 5.60 Å². The second kappa shape index (κ2) is 8.34. The van der Waals surface area contributed by atoms with E-state index >= 15 is 0 Å². The fraction of sp³-hybridized carbons (Fsp3) is 0.632. The summed E-state index contributed by atoms with van der Waals surface area (Å²) in [5.74, 6) is 0. The summed E-state index contributed by atoms with van der Waals surface area (Å²) >= 11 is 0. The number of nitrogens with one attached hydrogen (secondary N) is 2. The minimum Gasteiger partial charge on any atom is -0.444 e. The Labute approximate surface area is 141 Å². The molecule has 0 saturated heterocycles. The van der Waals surface area contributed by atoms with Crippen molar-refractivity contribution < 1.29 is 9.53 Å². The van der Waals surface area contributed by atoms with Gasteiger partial charge in [0.2, 0.25) is 0 Å². The summed E-state index contributed by atoms with van der Waals surface area (Å²) < 4.78 is 5.32. The van der Waals surface area contributed by atoms with Crippen molar-refractivity contribution in [1.82, 2.24) is 10.6 Å². The highest BCUT2D eigenvalue weighted by Crippen LogP contribution is 2.16. The average molecular weight is 320 g/mol. The summed E-state index contributed by atoms with van der Waals surface area (Å²) in [6.07, 6.45) is 1.51. The Morgan fingerprint density at radius 2 is 1.65 bits per heavy atom. The van der Waals surface area contributed by atoms with Crippen molar-refractivity contribution in [3.63, 3.8) is 0 Å². The van der Waals surface area contributed by atoms with Crippen molar-refractivity contribution in [3.05, 3.63) is 35.4 Å². The molecule has 0 heterocycles. The van der Waals surface area contributed by atoms with Crippen LogP contribution in [0.3, 0.4) is 0 Å². The maximum Gasteiger partial charge on any atom is 0.407 e. The van der Waals surface area contributed by atoms with Gasteiger partial charge in [0.05, 0.1) is 0 Å². The quantitative estimate of drug-likeness (QED) is 0.793. The fourth-order valence-corrected chi connectivity index (χ4v) is 2.36. The van der Waals surface area contributed by atoms with Gasteiger partial charge in [-0.3, -0.25) is 0 Å². The molecule has 23 heavy (non-hydrogen) atoms. The number of rotatable bonds is 7. The zero-order chi connectivity index (χ0) is 17.5. The minimum atomic E-state index is -0.472. The third-order valence-corrected chi connectivity index (χ3v) is 4.11.